The summed E-state index contributed by atoms with van der Waals surface area (Å²) in [5.74, 6) is 0.187. The minimum atomic E-state index is -0.429. The van der Waals surface area contributed by atoms with E-state index in [0.717, 1.165) is 10.9 Å². The fourth-order valence-corrected chi connectivity index (χ4v) is 2.19. The van der Waals surface area contributed by atoms with Gasteiger partial charge in [0.15, 0.2) is 11.2 Å². The Balaban J connectivity index is 1.72. The van der Waals surface area contributed by atoms with Gasteiger partial charge in [-0.05, 0) is 24.3 Å². The number of hydrogen-bond donors (Lipinski definition) is 3. The quantitative estimate of drug-likeness (QED) is 0.487. The van der Waals surface area contributed by atoms with Crippen molar-refractivity contribution in [2.24, 2.45) is 10.2 Å². The molecule has 0 amide bonds. The zero-order chi connectivity index (χ0) is 15.8. The Labute approximate surface area is 128 Å². The van der Waals surface area contributed by atoms with Crippen LogP contribution in [0.1, 0.15) is 0 Å². The van der Waals surface area contributed by atoms with Crippen molar-refractivity contribution < 1.29 is 0 Å². The van der Waals surface area contributed by atoms with Crippen molar-refractivity contribution in [3.8, 4) is 0 Å². The second-order valence-corrected chi connectivity index (χ2v) is 4.79. The lowest BCUT2D eigenvalue weighted by Gasteiger charge is -1.96. The lowest BCUT2D eigenvalue weighted by atomic mass is 10.2. The number of azo groups is 1. The maximum Gasteiger partial charge on any atom is 0.280 e. The van der Waals surface area contributed by atoms with Crippen molar-refractivity contribution in [1.82, 2.24) is 24.9 Å². The van der Waals surface area contributed by atoms with Crippen molar-refractivity contribution >= 4 is 39.7 Å². The second kappa shape index (κ2) is 4.98. The van der Waals surface area contributed by atoms with Crippen LogP contribution in [0, 0.1) is 0 Å². The van der Waals surface area contributed by atoms with Crippen LogP contribution in [0.15, 0.2) is 51.6 Å². The molecule has 0 atom stereocenters. The van der Waals surface area contributed by atoms with Gasteiger partial charge in [0.1, 0.15) is 0 Å². The Hall–Kier alpha value is -3.62. The summed E-state index contributed by atoms with van der Waals surface area (Å²) < 4.78 is 0. The molecule has 4 rings (SSSR count). The molecule has 0 bridgehead atoms. The highest BCUT2D eigenvalue weighted by Gasteiger charge is 2.08. The largest absolute Gasteiger partial charge is 0.369 e. The molecule has 0 spiro atoms. The normalized spacial score (nSPS) is 11.7. The topological polar surface area (TPSA) is 138 Å². The molecule has 9 nitrogen and oxygen atoms in total. The number of benzene rings is 1. The summed E-state index contributed by atoms with van der Waals surface area (Å²) in [5, 5.41) is 9.06. The number of aromatic amines is 2. The number of pyridine rings is 1. The first kappa shape index (κ1) is 13.1. The van der Waals surface area contributed by atoms with Gasteiger partial charge in [0.25, 0.3) is 5.56 Å². The maximum atomic E-state index is 11.7. The van der Waals surface area contributed by atoms with Crippen molar-refractivity contribution in [2.75, 3.05) is 5.73 Å². The minimum absolute atomic E-state index is 0.0108. The van der Waals surface area contributed by atoms with Crippen molar-refractivity contribution in [3.63, 3.8) is 0 Å². The molecule has 0 unspecified atom stereocenters. The van der Waals surface area contributed by atoms with Crippen molar-refractivity contribution in [3.05, 3.63) is 46.9 Å². The van der Waals surface area contributed by atoms with E-state index in [-0.39, 0.29) is 23.1 Å². The zero-order valence-corrected chi connectivity index (χ0v) is 11.7. The number of nitrogens with zero attached hydrogens (tertiary/aromatic N) is 5. The van der Waals surface area contributed by atoms with Gasteiger partial charge in [-0.15, -0.1) is 10.2 Å². The molecule has 0 radical (unpaired) electrons. The lowest BCUT2D eigenvalue weighted by Crippen LogP contribution is -2.10. The fraction of sp³-hybridized carbons (Fsp3) is 0. The second-order valence-electron chi connectivity index (χ2n) is 4.79. The smallest absolute Gasteiger partial charge is 0.280 e. The zero-order valence-electron chi connectivity index (χ0n) is 11.7. The van der Waals surface area contributed by atoms with Gasteiger partial charge in [-0.25, -0.2) is 4.98 Å². The summed E-state index contributed by atoms with van der Waals surface area (Å²) in [5.41, 5.74) is 6.97. The van der Waals surface area contributed by atoms with Crippen molar-refractivity contribution in [2.45, 2.75) is 0 Å². The third kappa shape index (κ3) is 2.39. The average molecular weight is 306 g/mol. The predicted molar refractivity (Wildman–Crippen MR) is 84.8 cm³/mol. The highest BCUT2D eigenvalue weighted by atomic mass is 16.1. The van der Waals surface area contributed by atoms with Gasteiger partial charge in [-0.2, -0.15) is 4.98 Å². The van der Waals surface area contributed by atoms with E-state index < -0.39 is 5.56 Å². The summed E-state index contributed by atoms with van der Waals surface area (Å²) >= 11 is 0. The van der Waals surface area contributed by atoms with E-state index in [1.807, 2.05) is 24.3 Å². The molecular formula is C14H10N8O. The third-order valence-electron chi connectivity index (χ3n) is 3.21. The molecule has 0 aliphatic rings. The minimum Gasteiger partial charge on any atom is -0.369 e. The van der Waals surface area contributed by atoms with Gasteiger partial charge < -0.3 is 10.7 Å². The molecule has 0 saturated carbocycles. The number of nitrogen functional groups attached to an aromatic ring is 1. The van der Waals surface area contributed by atoms with Crippen LogP contribution in [0.3, 0.4) is 0 Å². The van der Waals surface area contributed by atoms with Crippen LogP contribution in [0.2, 0.25) is 0 Å². The molecule has 4 aromatic rings. The lowest BCUT2D eigenvalue weighted by molar-refractivity contribution is 1.13. The molecule has 0 fully saturated rings. The van der Waals surface area contributed by atoms with Crippen LogP contribution < -0.4 is 11.3 Å². The monoisotopic (exact) mass is 306 g/mol. The van der Waals surface area contributed by atoms with Gasteiger partial charge in [0.2, 0.25) is 11.9 Å². The maximum absolute atomic E-state index is 11.7. The molecule has 4 N–H and O–H groups in total. The van der Waals surface area contributed by atoms with Crippen LogP contribution >= 0.6 is 0 Å². The molecule has 1 aromatic carbocycles. The third-order valence-corrected chi connectivity index (χ3v) is 3.21. The van der Waals surface area contributed by atoms with Crippen molar-refractivity contribution in [1.29, 1.82) is 0 Å². The number of fused-ring (bicyclic) bond motifs is 2. The summed E-state index contributed by atoms with van der Waals surface area (Å²) in [6, 6.07) is 9.30. The molecule has 23 heavy (non-hydrogen) atoms. The highest BCUT2D eigenvalue weighted by Crippen LogP contribution is 2.21. The van der Waals surface area contributed by atoms with Gasteiger partial charge in [0.05, 0.1) is 11.2 Å². The van der Waals surface area contributed by atoms with Gasteiger partial charge >= 0.3 is 0 Å². The number of rotatable bonds is 2. The molecule has 0 saturated heterocycles. The molecule has 3 heterocycles. The molecular weight excluding hydrogens is 296 g/mol. The fourth-order valence-electron chi connectivity index (χ4n) is 2.19. The number of anilines is 1. The Bertz CT molecular complexity index is 1110. The number of nitrogens with two attached hydrogens (primary N) is 1. The van der Waals surface area contributed by atoms with Crippen LogP contribution in [0.5, 0.6) is 0 Å². The van der Waals surface area contributed by atoms with Gasteiger partial charge in [-0.3, -0.25) is 14.8 Å². The number of aromatic nitrogens is 5. The Morgan fingerprint density at radius 3 is 2.91 bits per heavy atom. The first-order valence-electron chi connectivity index (χ1n) is 6.71. The van der Waals surface area contributed by atoms with Gasteiger partial charge in [-0.1, -0.05) is 6.07 Å². The molecule has 0 aliphatic carbocycles. The van der Waals surface area contributed by atoms with E-state index in [4.69, 9.17) is 5.73 Å². The van der Waals surface area contributed by atoms with E-state index in [1.54, 1.807) is 12.3 Å². The van der Waals surface area contributed by atoms with E-state index in [9.17, 15) is 4.79 Å². The predicted octanol–water partition coefficient (Wildman–Crippen LogP) is 2.19. The Morgan fingerprint density at radius 1 is 1.09 bits per heavy atom. The van der Waals surface area contributed by atoms with Crippen LogP contribution in [0.25, 0.3) is 22.1 Å². The van der Waals surface area contributed by atoms with Gasteiger partial charge in [0, 0.05) is 11.6 Å². The summed E-state index contributed by atoms with van der Waals surface area (Å²) in [7, 11) is 0. The first-order valence-corrected chi connectivity index (χ1v) is 6.71. The number of hydrogen-bond acceptors (Lipinski definition) is 7. The summed E-state index contributed by atoms with van der Waals surface area (Å²) in [4.78, 5) is 29.1. The summed E-state index contributed by atoms with van der Waals surface area (Å²) in [6.45, 7) is 0. The van der Waals surface area contributed by atoms with E-state index in [2.05, 4.69) is 35.1 Å². The van der Waals surface area contributed by atoms with E-state index in [0.29, 0.717) is 5.69 Å². The number of nitrogens with one attached hydrogen (secondary N) is 2. The molecule has 3 aromatic heterocycles. The SMILES string of the molecule is Nc1nc2[nH]c(/N=N/c3ccc4ncccc4c3)nc2c(=O)[nH]1. The number of H-pyrrole nitrogens is 2. The highest BCUT2D eigenvalue weighted by molar-refractivity contribution is 5.81. The Morgan fingerprint density at radius 2 is 2.00 bits per heavy atom. The first-order chi connectivity index (χ1) is 11.2. The summed E-state index contributed by atoms with van der Waals surface area (Å²) in [6.07, 6.45) is 1.73. The Kier molecular flexibility index (Phi) is 2.83. The van der Waals surface area contributed by atoms with E-state index in [1.165, 1.54) is 0 Å². The average Bonchev–Trinajstić information content (AvgIpc) is 2.96. The van der Waals surface area contributed by atoms with E-state index >= 15 is 0 Å². The molecule has 0 aliphatic heterocycles. The molecule has 9 heteroatoms. The number of imidazole rings is 1. The van der Waals surface area contributed by atoms with Crippen LogP contribution in [0.4, 0.5) is 17.6 Å². The molecule has 112 valence electrons. The van der Waals surface area contributed by atoms with Crippen LogP contribution in [-0.4, -0.2) is 24.9 Å². The standard InChI is InChI=1S/C14H10N8O/c15-13-18-11-10(12(23)20-13)17-14(19-11)22-21-8-3-4-9-7(6-8)2-1-5-16-9/h1-6H,(H4,15,17,18,19,20,23)/b22-21+. The van der Waals surface area contributed by atoms with Crippen LogP contribution in [-0.2, 0) is 0 Å².